The molecule has 0 bridgehead atoms. The predicted molar refractivity (Wildman–Crippen MR) is 92.6 cm³/mol. The number of rotatable bonds is 3. The second kappa shape index (κ2) is 7.06. The Morgan fingerprint density at radius 3 is 2.52 bits per heavy atom. The minimum Gasteiger partial charge on any atom is -0.337 e. The third kappa shape index (κ3) is 3.50. The Balaban J connectivity index is 1.37. The molecule has 25 heavy (non-hydrogen) atoms. The molecule has 0 aromatic carbocycles. The first kappa shape index (κ1) is 16.4. The molecule has 3 aliphatic rings. The maximum atomic E-state index is 12.5. The van der Waals surface area contributed by atoms with Crippen LogP contribution in [0.5, 0.6) is 0 Å². The van der Waals surface area contributed by atoms with Crippen molar-refractivity contribution in [2.45, 2.75) is 58.2 Å². The molecule has 0 spiro atoms. The molecule has 1 aromatic heterocycles. The van der Waals surface area contributed by atoms with Gasteiger partial charge in [-0.25, -0.2) is 4.79 Å². The number of nitrogens with one attached hydrogen (secondary N) is 1. The van der Waals surface area contributed by atoms with Crippen LogP contribution in [0.15, 0.2) is 6.07 Å². The Labute approximate surface area is 148 Å². The van der Waals surface area contributed by atoms with Crippen molar-refractivity contribution in [1.82, 2.24) is 24.9 Å². The number of likely N-dealkylation sites (tertiary alicyclic amines) is 1. The number of nitrogens with zero attached hydrogens (tertiary/aromatic N) is 4. The number of urea groups is 1. The van der Waals surface area contributed by atoms with E-state index in [0.717, 1.165) is 69.7 Å². The van der Waals surface area contributed by atoms with Crippen molar-refractivity contribution < 1.29 is 9.59 Å². The highest BCUT2D eigenvalue weighted by atomic mass is 16.2. The van der Waals surface area contributed by atoms with Gasteiger partial charge in [-0.15, -0.1) is 0 Å². The maximum absolute atomic E-state index is 12.5. The van der Waals surface area contributed by atoms with E-state index in [1.54, 1.807) is 0 Å². The van der Waals surface area contributed by atoms with E-state index in [0.29, 0.717) is 19.0 Å². The minimum absolute atomic E-state index is 0.00230. The van der Waals surface area contributed by atoms with E-state index in [1.807, 2.05) is 20.5 Å². The average molecular weight is 345 g/mol. The summed E-state index contributed by atoms with van der Waals surface area (Å²) in [7, 11) is 0. The molecule has 1 saturated heterocycles. The van der Waals surface area contributed by atoms with Gasteiger partial charge in [0.2, 0.25) is 5.91 Å². The molecule has 2 fully saturated rings. The van der Waals surface area contributed by atoms with Gasteiger partial charge in [0.25, 0.3) is 0 Å². The maximum Gasteiger partial charge on any atom is 0.317 e. The summed E-state index contributed by atoms with van der Waals surface area (Å²) in [4.78, 5) is 28.5. The molecule has 0 atom stereocenters. The van der Waals surface area contributed by atoms with Gasteiger partial charge in [-0.2, -0.15) is 5.10 Å². The van der Waals surface area contributed by atoms with Gasteiger partial charge >= 0.3 is 6.03 Å². The Bertz CT molecular complexity index is 646. The molecule has 136 valence electrons. The molecule has 7 heteroatoms. The number of hydrogen-bond donors (Lipinski definition) is 1. The molecular formula is C18H27N5O2. The molecule has 1 saturated carbocycles. The Kier molecular flexibility index (Phi) is 4.63. The van der Waals surface area contributed by atoms with Gasteiger partial charge in [-0.1, -0.05) is 6.42 Å². The van der Waals surface area contributed by atoms with Gasteiger partial charge in [-0.3, -0.25) is 9.48 Å². The highest BCUT2D eigenvalue weighted by Gasteiger charge is 2.30. The molecule has 7 nitrogen and oxygen atoms in total. The highest BCUT2D eigenvalue weighted by molar-refractivity contribution is 5.79. The topological polar surface area (TPSA) is 70.5 Å². The van der Waals surface area contributed by atoms with Crippen LogP contribution < -0.4 is 5.32 Å². The Morgan fingerprint density at radius 1 is 1.04 bits per heavy atom. The summed E-state index contributed by atoms with van der Waals surface area (Å²) in [5, 5.41) is 7.59. The monoisotopic (exact) mass is 345 g/mol. The van der Waals surface area contributed by atoms with E-state index in [-0.39, 0.29) is 11.9 Å². The van der Waals surface area contributed by atoms with E-state index in [1.165, 1.54) is 6.42 Å². The molecule has 2 aliphatic heterocycles. The molecule has 1 N–H and O–H groups in total. The molecule has 1 aliphatic carbocycles. The van der Waals surface area contributed by atoms with Crippen LogP contribution in [0.1, 0.15) is 49.9 Å². The molecule has 0 radical (unpaired) electrons. The summed E-state index contributed by atoms with van der Waals surface area (Å²) < 4.78 is 2.01. The van der Waals surface area contributed by atoms with Gasteiger partial charge in [0.1, 0.15) is 0 Å². The molecule has 3 heterocycles. The van der Waals surface area contributed by atoms with E-state index >= 15 is 0 Å². The molecule has 1 aromatic rings. The quantitative estimate of drug-likeness (QED) is 0.907. The predicted octanol–water partition coefficient (Wildman–Crippen LogP) is 1.72. The number of aryl methyl sites for hydroxylation is 1. The first-order valence-electron chi connectivity index (χ1n) is 9.58. The third-order valence-electron chi connectivity index (χ3n) is 5.64. The zero-order chi connectivity index (χ0) is 17.2. The van der Waals surface area contributed by atoms with Crippen LogP contribution in [0, 0.1) is 5.92 Å². The van der Waals surface area contributed by atoms with Gasteiger partial charge < -0.3 is 15.1 Å². The lowest BCUT2D eigenvalue weighted by atomic mass is 9.84. The zero-order valence-corrected chi connectivity index (χ0v) is 14.7. The first-order chi connectivity index (χ1) is 12.2. The van der Waals surface area contributed by atoms with E-state index < -0.39 is 0 Å². The summed E-state index contributed by atoms with van der Waals surface area (Å²) in [6, 6.07) is 2.04. The van der Waals surface area contributed by atoms with Crippen molar-refractivity contribution in [2.24, 2.45) is 5.92 Å². The van der Waals surface area contributed by atoms with Crippen LogP contribution >= 0.6 is 0 Å². The first-order valence-corrected chi connectivity index (χ1v) is 9.58. The number of carbonyl (C=O) groups is 2. The summed E-state index contributed by atoms with van der Waals surface area (Å²) in [6.45, 7) is 4.45. The summed E-state index contributed by atoms with van der Waals surface area (Å²) in [5.74, 6) is 0.554. The summed E-state index contributed by atoms with van der Waals surface area (Å²) in [6.07, 6.45) is 6.40. The smallest absolute Gasteiger partial charge is 0.317 e. The second-order valence-electron chi connectivity index (χ2n) is 7.44. The van der Waals surface area contributed by atoms with E-state index in [2.05, 4.69) is 10.4 Å². The van der Waals surface area contributed by atoms with Crippen molar-refractivity contribution in [3.05, 3.63) is 17.5 Å². The minimum atomic E-state index is 0.00230. The Morgan fingerprint density at radius 2 is 1.80 bits per heavy atom. The lowest BCUT2D eigenvalue weighted by Gasteiger charge is -2.30. The average Bonchev–Trinajstić information content (AvgIpc) is 3.17. The molecule has 3 amide bonds. The fourth-order valence-corrected chi connectivity index (χ4v) is 3.91. The van der Waals surface area contributed by atoms with Gasteiger partial charge in [0, 0.05) is 32.1 Å². The van der Waals surface area contributed by atoms with Crippen LogP contribution in [0.25, 0.3) is 0 Å². The van der Waals surface area contributed by atoms with Gasteiger partial charge in [0.05, 0.1) is 24.5 Å². The zero-order valence-electron chi connectivity index (χ0n) is 14.7. The van der Waals surface area contributed by atoms with Crippen molar-refractivity contribution in [1.29, 1.82) is 0 Å². The normalized spacial score (nSPS) is 20.8. The fraction of sp³-hybridized carbons (Fsp3) is 0.722. The SMILES string of the molecule is O=C(NCc1cc2n(n1)CCCN(C(=O)C1CCC1)C2)N1CCCC1. The van der Waals surface area contributed by atoms with Crippen LogP contribution in [0.4, 0.5) is 4.79 Å². The van der Waals surface area contributed by atoms with Crippen molar-refractivity contribution >= 4 is 11.9 Å². The van der Waals surface area contributed by atoms with Gasteiger partial charge in [0.15, 0.2) is 0 Å². The van der Waals surface area contributed by atoms with Crippen molar-refractivity contribution in [3.8, 4) is 0 Å². The van der Waals surface area contributed by atoms with Crippen LogP contribution in [-0.4, -0.2) is 51.2 Å². The number of fused-ring (bicyclic) bond motifs is 1. The highest BCUT2D eigenvalue weighted by Crippen LogP contribution is 2.29. The number of aromatic nitrogens is 2. The molecular weight excluding hydrogens is 318 g/mol. The van der Waals surface area contributed by atoms with Crippen molar-refractivity contribution in [3.63, 3.8) is 0 Å². The summed E-state index contributed by atoms with van der Waals surface area (Å²) in [5.41, 5.74) is 1.95. The molecule has 4 rings (SSSR count). The number of carbonyl (C=O) groups excluding carboxylic acids is 2. The van der Waals surface area contributed by atoms with Crippen molar-refractivity contribution in [2.75, 3.05) is 19.6 Å². The number of hydrogen-bond acceptors (Lipinski definition) is 3. The third-order valence-corrected chi connectivity index (χ3v) is 5.64. The van der Waals surface area contributed by atoms with Gasteiger partial charge in [-0.05, 0) is 38.2 Å². The standard InChI is InChI=1S/C18H27N5O2/c24-17(14-5-3-6-14)22-9-4-10-23-16(13-22)11-15(20-23)12-19-18(25)21-7-1-2-8-21/h11,14H,1-10,12-13H2,(H,19,25). The van der Waals surface area contributed by atoms with Crippen LogP contribution in [0.2, 0.25) is 0 Å². The molecule has 0 unspecified atom stereocenters. The fourth-order valence-electron chi connectivity index (χ4n) is 3.91. The van der Waals surface area contributed by atoms with E-state index in [4.69, 9.17) is 0 Å². The van der Waals surface area contributed by atoms with Crippen LogP contribution in [0.3, 0.4) is 0 Å². The second-order valence-corrected chi connectivity index (χ2v) is 7.44. The lowest BCUT2D eigenvalue weighted by molar-refractivity contribution is -0.138. The lowest BCUT2D eigenvalue weighted by Crippen LogP contribution is -2.38. The number of amides is 3. The Hall–Kier alpha value is -2.05. The largest absolute Gasteiger partial charge is 0.337 e. The van der Waals surface area contributed by atoms with Crippen LogP contribution in [-0.2, 0) is 24.4 Å². The van der Waals surface area contributed by atoms with E-state index in [9.17, 15) is 9.59 Å². The summed E-state index contributed by atoms with van der Waals surface area (Å²) >= 11 is 0.